The van der Waals surface area contributed by atoms with Crippen molar-refractivity contribution >= 4 is 6.03 Å². The molecule has 5 rings (SSSR count). The van der Waals surface area contributed by atoms with Crippen LogP contribution in [-0.4, -0.2) is 59.0 Å². The van der Waals surface area contributed by atoms with Crippen LogP contribution in [0.5, 0.6) is 5.75 Å². The molecular weight excluding hydrogens is 582 g/mol. The van der Waals surface area contributed by atoms with Crippen molar-refractivity contribution in [2.45, 2.75) is 51.1 Å². The molecule has 4 atom stereocenters. The number of urea groups is 1. The molecule has 1 heterocycles. The molecule has 9 nitrogen and oxygen atoms in total. The van der Waals surface area contributed by atoms with Crippen molar-refractivity contribution in [2.75, 3.05) is 26.7 Å². The first-order valence-electron chi connectivity index (χ1n) is 15.7. The van der Waals surface area contributed by atoms with Gasteiger partial charge in [0.15, 0.2) is 6.29 Å². The number of amides is 2. The molecule has 0 radical (unpaired) electrons. The Hall–Kier alpha value is -4.25. The lowest BCUT2D eigenvalue weighted by molar-refractivity contribution is -0.252. The number of nitrogens with one attached hydrogen (secondary N) is 2. The number of hydrogen-bond acceptors (Lipinski definition) is 7. The van der Waals surface area contributed by atoms with Crippen LogP contribution >= 0.6 is 0 Å². The fraction of sp³-hybridized carbons (Fsp3) is 0.324. The lowest BCUT2D eigenvalue weighted by Gasteiger charge is -2.38. The summed E-state index contributed by atoms with van der Waals surface area (Å²) in [6.07, 6.45) is -1.23. The van der Waals surface area contributed by atoms with E-state index in [1.165, 1.54) is 0 Å². The van der Waals surface area contributed by atoms with Gasteiger partial charge in [-0.2, -0.15) is 0 Å². The number of nitrogens with zero attached hydrogens (tertiary/aromatic N) is 1. The molecule has 0 saturated carbocycles. The Bertz CT molecular complexity index is 1580. The average Bonchev–Trinajstić information content (AvgIpc) is 3.07. The maximum atomic E-state index is 11.9. The Balaban J connectivity index is 1.34. The van der Waals surface area contributed by atoms with Crippen LogP contribution in [0.3, 0.4) is 0 Å². The van der Waals surface area contributed by atoms with Gasteiger partial charge in [-0.25, -0.2) is 4.79 Å². The van der Waals surface area contributed by atoms with Crippen LogP contribution in [0.2, 0.25) is 0 Å². The minimum absolute atomic E-state index is 0.0253. The molecule has 5 N–H and O–H groups in total. The largest absolute Gasteiger partial charge is 0.508 e. The zero-order valence-electron chi connectivity index (χ0n) is 26.3. The molecule has 9 heteroatoms. The molecule has 0 aliphatic carbocycles. The zero-order valence-corrected chi connectivity index (χ0v) is 26.3. The van der Waals surface area contributed by atoms with Gasteiger partial charge < -0.3 is 40.3 Å². The van der Waals surface area contributed by atoms with E-state index in [1.807, 2.05) is 79.5 Å². The van der Waals surface area contributed by atoms with Crippen LogP contribution in [-0.2, 0) is 22.6 Å². The SMILES string of the molecule is CCNC(=O)NCc1cccc(-c2cccc(C3OC(CN(C)CC(O)c4cccc(O)c4)CC(c4ccc(CO)cc4)O3)c2)c1. The van der Waals surface area contributed by atoms with Crippen LogP contribution < -0.4 is 10.6 Å². The molecule has 0 spiro atoms. The highest BCUT2D eigenvalue weighted by atomic mass is 16.7. The average molecular weight is 626 g/mol. The van der Waals surface area contributed by atoms with Crippen LogP contribution in [0.25, 0.3) is 11.1 Å². The number of ether oxygens (including phenoxy) is 2. The molecule has 0 bridgehead atoms. The van der Waals surface area contributed by atoms with Crippen molar-refractivity contribution in [3.8, 4) is 16.9 Å². The van der Waals surface area contributed by atoms with E-state index in [1.54, 1.807) is 24.3 Å². The molecule has 4 aromatic carbocycles. The number of phenolic OH excluding ortho intramolecular Hbond substituents is 1. The predicted molar refractivity (Wildman–Crippen MR) is 177 cm³/mol. The molecule has 0 aromatic heterocycles. The second-order valence-corrected chi connectivity index (χ2v) is 11.7. The van der Waals surface area contributed by atoms with Gasteiger partial charge in [-0.05, 0) is 71.6 Å². The minimum Gasteiger partial charge on any atom is -0.508 e. The van der Waals surface area contributed by atoms with Gasteiger partial charge in [-0.1, -0.05) is 72.8 Å². The van der Waals surface area contributed by atoms with Crippen molar-refractivity contribution in [2.24, 2.45) is 0 Å². The number of hydrogen-bond donors (Lipinski definition) is 5. The van der Waals surface area contributed by atoms with E-state index in [9.17, 15) is 20.1 Å². The Kier molecular flexibility index (Phi) is 11.4. The lowest BCUT2D eigenvalue weighted by atomic mass is 9.98. The Morgan fingerprint density at radius 3 is 2.37 bits per heavy atom. The van der Waals surface area contributed by atoms with Crippen molar-refractivity contribution in [1.82, 2.24) is 15.5 Å². The maximum Gasteiger partial charge on any atom is 0.315 e. The van der Waals surface area contributed by atoms with E-state index in [0.29, 0.717) is 38.2 Å². The smallest absolute Gasteiger partial charge is 0.315 e. The summed E-state index contributed by atoms with van der Waals surface area (Å²) in [7, 11) is 1.94. The molecule has 242 valence electrons. The summed E-state index contributed by atoms with van der Waals surface area (Å²) in [4.78, 5) is 13.9. The molecule has 46 heavy (non-hydrogen) atoms. The topological polar surface area (TPSA) is 124 Å². The van der Waals surface area contributed by atoms with Crippen molar-refractivity contribution in [3.05, 3.63) is 125 Å². The number of phenols is 1. The monoisotopic (exact) mass is 625 g/mol. The Morgan fingerprint density at radius 1 is 0.891 bits per heavy atom. The standard InChI is InChI=1S/C37H43N3O6/c1-3-38-37(44)39-21-26-7-4-8-28(17-26)29-9-5-11-31(18-29)36-45-33(20-35(46-36)27-15-13-25(24-41)14-16-27)22-40(2)23-34(43)30-10-6-12-32(42)19-30/h4-19,33-36,41-43H,3,20-24H2,1-2H3,(H2,38,39,44). The number of aromatic hydroxyl groups is 1. The highest BCUT2D eigenvalue weighted by molar-refractivity contribution is 5.74. The van der Waals surface area contributed by atoms with Gasteiger partial charge in [0.05, 0.1) is 24.9 Å². The second-order valence-electron chi connectivity index (χ2n) is 11.7. The highest BCUT2D eigenvalue weighted by Crippen LogP contribution is 2.39. The zero-order chi connectivity index (χ0) is 32.5. The minimum atomic E-state index is -0.766. The van der Waals surface area contributed by atoms with E-state index < -0.39 is 12.4 Å². The molecule has 1 aliphatic heterocycles. The maximum absolute atomic E-state index is 11.9. The summed E-state index contributed by atoms with van der Waals surface area (Å²) in [6, 6.07) is 30.4. The van der Waals surface area contributed by atoms with Gasteiger partial charge in [-0.15, -0.1) is 0 Å². The number of rotatable bonds is 12. The van der Waals surface area contributed by atoms with E-state index in [-0.39, 0.29) is 30.6 Å². The molecule has 2 amide bonds. The van der Waals surface area contributed by atoms with Gasteiger partial charge in [0, 0.05) is 38.2 Å². The first-order chi connectivity index (χ1) is 22.3. The lowest BCUT2D eigenvalue weighted by Crippen LogP contribution is -2.39. The number of likely N-dealkylation sites (N-methyl/N-ethyl adjacent to an activating group) is 1. The molecule has 4 unspecified atom stereocenters. The van der Waals surface area contributed by atoms with Crippen LogP contribution in [0.1, 0.15) is 59.7 Å². The molecule has 1 fully saturated rings. The summed E-state index contributed by atoms with van der Waals surface area (Å²) < 4.78 is 13.1. The molecule has 4 aromatic rings. The van der Waals surface area contributed by atoms with E-state index in [2.05, 4.69) is 22.8 Å². The number of carbonyl (C=O) groups excluding carboxylic acids is 1. The first kappa shape index (κ1) is 33.1. The molecular formula is C37H43N3O6. The van der Waals surface area contributed by atoms with Crippen LogP contribution in [0.4, 0.5) is 4.79 Å². The Morgan fingerprint density at radius 2 is 1.63 bits per heavy atom. The highest BCUT2D eigenvalue weighted by Gasteiger charge is 2.33. The Labute approximate surface area is 270 Å². The fourth-order valence-electron chi connectivity index (χ4n) is 5.72. The third-order valence-corrected chi connectivity index (χ3v) is 8.08. The van der Waals surface area contributed by atoms with Crippen molar-refractivity contribution < 1.29 is 29.6 Å². The first-order valence-corrected chi connectivity index (χ1v) is 15.7. The van der Waals surface area contributed by atoms with Gasteiger partial charge in [0.25, 0.3) is 0 Å². The number of aliphatic hydroxyl groups is 2. The van der Waals surface area contributed by atoms with Crippen LogP contribution in [0, 0.1) is 0 Å². The van der Waals surface area contributed by atoms with Crippen LogP contribution in [0.15, 0.2) is 97.1 Å². The number of benzene rings is 4. The predicted octanol–water partition coefficient (Wildman–Crippen LogP) is 5.58. The number of aliphatic hydroxyl groups excluding tert-OH is 2. The molecule has 1 aliphatic rings. The molecule has 1 saturated heterocycles. The quantitative estimate of drug-likeness (QED) is 0.139. The third kappa shape index (κ3) is 8.93. The summed E-state index contributed by atoms with van der Waals surface area (Å²) in [5.41, 5.74) is 6.37. The van der Waals surface area contributed by atoms with Gasteiger partial charge in [0.2, 0.25) is 0 Å². The van der Waals surface area contributed by atoms with E-state index in [4.69, 9.17) is 9.47 Å². The van der Waals surface area contributed by atoms with E-state index in [0.717, 1.165) is 33.4 Å². The van der Waals surface area contributed by atoms with Crippen molar-refractivity contribution in [1.29, 1.82) is 0 Å². The third-order valence-electron chi connectivity index (χ3n) is 8.08. The second kappa shape index (κ2) is 15.8. The van der Waals surface area contributed by atoms with Gasteiger partial charge in [0.1, 0.15) is 5.75 Å². The number of carbonyl (C=O) groups is 1. The summed E-state index contributed by atoms with van der Waals surface area (Å²) >= 11 is 0. The van der Waals surface area contributed by atoms with Crippen molar-refractivity contribution in [3.63, 3.8) is 0 Å². The summed E-state index contributed by atoms with van der Waals surface area (Å²) in [6.45, 7) is 3.76. The fourth-order valence-corrected chi connectivity index (χ4v) is 5.72. The van der Waals surface area contributed by atoms with Gasteiger partial charge >= 0.3 is 6.03 Å². The normalized spacial score (nSPS) is 18.7. The van der Waals surface area contributed by atoms with E-state index >= 15 is 0 Å². The summed E-state index contributed by atoms with van der Waals surface area (Å²) in [5.74, 6) is 0.120. The summed E-state index contributed by atoms with van der Waals surface area (Å²) in [5, 5.41) is 35.8. The van der Waals surface area contributed by atoms with Gasteiger partial charge in [-0.3, -0.25) is 0 Å².